The van der Waals surface area contributed by atoms with Gasteiger partial charge in [-0.25, -0.2) is 0 Å². The molecule has 116 valence electrons. The van der Waals surface area contributed by atoms with Crippen LogP contribution in [-0.2, 0) is 11.3 Å². The third kappa shape index (κ3) is 3.95. The second-order valence-corrected chi connectivity index (χ2v) is 5.83. The fraction of sp³-hybridized carbons (Fsp3) is 0.316. The first-order valence-electron chi connectivity index (χ1n) is 7.60. The number of carbonyl (C=O) groups excluding carboxylic acids is 1. The van der Waals surface area contributed by atoms with E-state index in [1.165, 1.54) is 5.56 Å². The number of nitrogens with zero attached hydrogens (tertiary/aromatic N) is 1. The maximum Gasteiger partial charge on any atom is 0.241 e. The van der Waals surface area contributed by atoms with Crippen LogP contribution < -0.4 is 5.32 Å². The van der Waals surface area contributed by atoms with Crippen molar-refractivity contribution in [1.82, 2.24) is 4.90 Å². The minimum absolute atomic E-state index is 0.0239. The largest absolute Gasteiger partial charge is 0.324 e. The molecule has 0 saturated heterocycles. The Labute approximate surface area is 133 Å². The summed E-state index contributed by atoms with van der Waals surface area (Å²) in [7, 11) is 1.97. The molecule has 22 heavy (non-hydrogen) atoms. The van der Waals surface area contributed by atoms with Gasteiger partial charge in [-0.1, -0.05) is 48.5 Å². The van der Waals surface area contributed by atoms with Crippen molar-refractivity contribution in [3.8, 4) is 0 Å². The van der Waals surface area contributed by atoms with Gasteiger partial charge in [-0.15, -0.1) is 0 Å². The SMILES string of the molecule is Cc1cccc(C)c1NC(=O)[C@@H](C)N(C)Cc1ccccc1. The molecule has 0 unspecified atom stereocenters. The van der Waals surface area contributed by atoms with Crippen LogP contribution in [0.25, 0.3) is 0 Å². The molecule has 0 spiro atoms. The van der Waals surface area contributed by atoms with E-state index >= 15 is 0 Å². The normalized spacial score (nSPS) is 12.2. The van der Waals surface area contributed by atoms with Crippen LogP contribution in [-0.4, -0.2) is 23.9 Å². The van der Waals surface area contributed by atoms with E-state index in [1.807, 2.05) is 64.2 Å². The Bertz CT molecular complexity index is 617. The molecule has 0 fully saturated rings. The number of likely N-dealkylation sites (N-methyl/N-ethyl adjacent to an activating group) is 1. The van der Waals surface area contributed by atoms with E-state index < -0.39 is 0 Å². The first kappa shape index (κ1) is 16.2. The molecule has 0 aromatic heterocycles. The van der Waals surface area contributed by atoms with E-state index in [1.54, 1.807) is 0 Å². The standard InChI is InChI=1S/C19H24N2O/c1-14-9-8-10-15(2)18(14)20-19(22)16(3)21(4)13-17-11-6-5-7-12-17/h5-12,16H,13H2,1-4H3,(H,20,22)/t16-/m1/s1. The monoisotopic (exact) mass is 296 g/mol. The van der Waals surface area contributed by atoms with Gasteiger partial charge in [-0.2, -0.15) is 0 Å². The van der Waals surface area contributed by atoms with Crippen LogP contribution in [0.5, 0.6) is 0 Å². The molecule has 2 aromatic carbocycles. The summed E-state index contributed by atoms with van der Waals surface area (Å²) < 4.78 is 0. The quantitative estimate of drug-likeness (QED) is 0.911. The summed E-state index contributed by atoms with van der Waals surface area (Å²) >= 11 is 0. The first-order chi connectivity index (χ1) is 10.5. The average Bonchev–Trinajstić information content (AvgIpc) is 2.51. The molecule has 0 aliphatic rings. The number of hydrogen-bond donors (Lipinski definition) is 1. The summed E-state index contributed by atoms with van der Waals surface area (Å²) in [6.07, 6.45) is 0. The molecule has 0 radical (unpaired) electrons. The molecule has 2 aromatic rings. The van der Waals surface area contributed by atoms with Crippen LogP contribution in [0.4, 0.5) is 5.69 Å². The van der Waals surface area contributed by atoms with Crippen LogP contribution in [0, 0.1) is 13.8 Å². The molecule has 2 rings (SSSR count). The lowest BCUT2D eigenvalue weighted by Gasteiger charge is -2.24. The van der Waals surface area contributed by atoms with Crippen LogP contribution in [0.15, 0.2) is 48.5 Å². The van der Waals surface area contributed by atoms with Gasteiger partial charge in [0.05, 0.1) is 6.04 Å². The van der Waals surface area contributed by atoms with Gasteiger partial charge in [0.2, 0.25) is 5.91 Å². The van der Waals surface area contributed by atoms with Crippen LogP contribution in [0.2, 0.25) is 0 Å². The molecule has 0 heterocycles. The Balaban J connectivity index is 2.03. The predicted molar refractivity (Wildman–Crippen MR) is 91.9 cm³/mol. The number of rotatable bonds is 5. The van der Waals surface area contributed by atoms with Crippen molar-refractivity contribution < 1.29 is 4.79 Å². The third-order valence-corrected chi connectivity index (χ3v) is 4.04. The van der Waals surface area contributed by atoms with E-state index in [9.17, 15) is 4.79 Å². The Hall–Kier alpha value is -2.13. The van der Waals surface area contributed by atoms with Gasteiger partial charge in [0, 0.05) is 12.2 Å². The summed E-state index contributed by atoms with van der Waals surface area (Å²) in [5.41, 5.74) is 4.31. The number of aryl methyl sites for hydroxylation is 2. The minimum atomic E-state index is -0.195. The van der Waals surface area contributed by atoms with E-state index in [0.717, 1.165) is 23.4 Å². The average molecular weight is 296 g/mol. The molecular formula is C19H24N2O. The van der Waals surface area contributed by atoms with Crippen LogP contribution >= 0.6 is 0 Å². The molecule has 1 atom stereocenters. The number of carbonyl (C=O) groups is 1. The summed E-state index contributed by atoms with van der Waals surface area (Å²) in [5.74, 6) is 0.0239. The van der Waals surface area contributed by atoms with Gasteiger partial charge >= 0.3 is 0 Å². The maximum absolute atomic E-state index is 12.5. The number of nitrogens with one attached hydrogen (secondary N) is 1. The van der Waals surface area contributed by atoms with E-state index in [0.29, 0.717) is 0 Å². The van der Waals surface area contributed by atoms with Crippen LogP contribution in [0.1, 0.15) is 23.6 Å². The molecule has 3 nitrogen and oxygen atoms in total. The second kappa shape index (κ2) is 7.23. The van der Waals surface area contributed by atoms with Crippen molar-refractivity contribution in [2.24, 2.45) is 0 Å². The zero-order valence-electron chi connectivity index (χ0n) is 13.8. The number of benzene rings is 2. The molecule has 0 saturated carbocycles. The zero-order valence-corrected chi connectivity index (χ0v) is 13.8. The topological polar surface area (TPSA) is 32.3 Å². The minimum Gasteiger partial charge on any atom is -0.324 e. The molecule has 1 amide bonds. The van der Waals surface area contributed by atoms with Gasteiger partial charge in [-0.05, 0) is 44.5 Å². The predicted octanol–water partition coefficient (Wildman–Crippen LogP) is 3.76. The summed E-state index contributed by atoms with van der Waals surface area (Å²) in [5, 5.41) is 3.06. The van der Waals surface area contributed by atoms with Crippen LogP contribution in [0.3, 0.4) is 0 Å². The maximum atomic E-state index is 12.5. The van der Waals surface area contributed by atoms with Crippen molar-refractivity contribution in [2.75, 3.05) is 12.4 Å². The zero-order chi connectivity index (χ0) is 16.1. The summed E-state index contributed by atoms with van der Waals surface area (Å²) in [6.45, 7) is 6.72. The van der Waals surface area contributed by atoms with Crippen molar-refractivity contribution >= 4 is 11.6 Å². The fourth-order valence-electron chi connectivity index (χ4n) is 2.45. The summed E-state index contributed by atoms with van der Waals surface area (Å²) in [6, 6.07) is 16.0. The molecular weight excluding hydrogens is 272 g/mol. The highest BCUT2D eigenvalue weighted by atomic mass is 16.2. The Kier molecular flexibility index (Phi) is 5.34. The smallest absolute Gasteiger partial charge is 0.241 e. The fourth-order valence-corrected chi connectivity index (χ4v) is 2.45. The van der Waals surface area contributed by atoms with Gasteiger partial charge in [0.1, 0.15) is 0 Å². The number of amides is 1. The summed E-state index contributed by atoms with van der Waals surface area (Å²) in [4.78, 5) is 14.5. The van der Waals surface area contributed by atoms with Crippen molar-refractivity contribution in [1.29, 1.82) is 0 Å². The highest BCUT2D eigenvalue weighted by Gasteiger charge is 2.19. The number of hydrogen-bond acceptors (Lipinski definition) is 2. The first-order valence-corrected chi connectivity index (χ1v) is 7.60. The van der Waals surface area contributed by atoms with Crippen molar-refractivity contribution in [3.05, 3.63) is 65.2 Å². The lowest BCUT2D eigenvalue weighted by atomic mass is 10.1. The van der Waals surface area contributed by atoms with E-state index in [2.05, 4.69) is 22.3 Å². The Morgan fingerprint density at radius 3 is 2.23 bits per heavy atom. The molecule has 0 bridgehead atoms. The van der Waals surface area contributed by atoms with E-state index in [-0.39, 0.29) is 11.9 Å². The molecule has 0 aliphatic carbocycles. The molecule has 0 aliphatic heterocycles. The number of anilines is 1. The Morgan fingerprint density at radius 2 is 1.64 bits per heavy atom. The Morgan fingerprint density at radius 1 is 1.05 bits per heavy atom. The van der Waals surface area contributed by atoms with Crippen molar-refractivity contribution in [3.63, 3.8) is 0 Å². The number of para-hydroxylation sites is 1. The van der Waals surface area contributed by atoms with Gasteiger partial charge in [0.25, 0.3) is 0 Å². The van der Waals surface area contributed by atoms with E-state index in [4.69, 9.17) is 0 Å². The lowest BCUT2D eigenvalue weighted by molar-refractivity contribution is -0.120. The van der Waals surface area contributed by atoms with Gasteiger partial charge in [-0.3, -0.25) is 9.69 Å². The molecule has 3 heteroatoms. The second-order valence-electron chi connectivity index (χ2n) is 5.83. The molecule has 1 N–H and O–H groups in total. The lowest BCUT2D eigenvalue weighted by Crippen LogP contribution is -2.39. The van der Waals surface area contributed by atoms with Crippen molar-refractivity contribution in [2.45, 2.75) is 33.4 Å². The van der Waals surface area contributed by atoms with Gasteiger partial charge < -0.3 is 5.32 Å². The highest BCUT2D eigenvalue weighted by Crippen LogP contribution is 2.20. The van der Waals surface area contributed by atoms with Gasteiger partial charge in [0.15, 0.2) is 0 Å². The highest BCUT2D eigenvalue weighted by molar-refractivity contribution is 5.95. The third-order valence-electron chi connectivity index (χ3n) is 4.04.